The Morgan fingerprint density at radius 1 is 1.16 bits per heavy atom. The minimum absolute atomic E-state index is 0.0890. The first kappa shape index (κ1) is 16.4. The lowest BCUT2D eigenvalue weighted by Crippen LogP contribution is -2.28. The minimum atomic E-state index is -3.19. The number of sulfonamides is 1. The van der Waals surface area contributed by atoms with Gasteiger partial charge in [-0.15, -0.1) is 11.6 Å². The molecule has 108 valence electrons. The average Bonchev–Trinajstić information content (AvgIpc) is 2.42. The number of nitrogens with one attached hydrogen (secondary N) is 1. The van der Waals surface area contributed by atoms with Crippen molar-refractivity contribution in [2.75, 3.05) is 18.2 Å². The molecule has 1 aromatic heterocycles. The van der Waals surface area contributed by atoms with E-state index in [0.29, 0.717) is 18.8 Å². The van der Waals surface area contributed by atoms with E-state index < -0.39 is 10.0 Å². The normalized spacial score (nSPS) is 11.6. The third-order valence-electron chi connectivity index (χ3n) is 2.74. The Bertz CT molecular complexity index is 437. The van der Waals surface area contributed by atoms with Crippen molar-refractivity contribution in [3.05, 3.63) is 30.1 Å². The lowest BCUT2D eigenvalue weighted by molar-refractivity contribution is 0.573. The number of halogens is 1. The number of hydrogen-bond acceptors (Lipinski definition) is 3. The van der Waals surface area contributed by atoms with Crippen LogP contribution in [0.2, 0.25) is 0 Å². The largest absolute Gasteiger partial charge is 0.261 e. The van der Waals surface area contributed by atoms with Crippen molar-refractivity contribution in [3.8, 4) is 0 Å². The van der Waals surface area contributed by atoms with Gasteiger partial charge >= 0.3 is 0 Å². The summed E-state index contributed by atoms with van der Waals surface area (Å²) in [5, 5.41) is 0. The predicted molar refractivity (Wildman–Crippen MR) is 78.9 cm³/mol. The molecule has 0 unspecified atom stereocenters. The molecule has 1 aromatic rings. The molecule has 0 aromatic carbocycles. The highest BCUT2D eigenvalue weighted by molar-refractivity contribution is 7.89. The number of nitrogens with zero attached hydrogens (tertiary/aromatic N) is 1. The second-order valence-electron chi connectivity index (χ2n) is 4.39. The van der Waals surface area contributed by atoms with Crippen LogP contribution in [0.3, 0.4) is 0 Å². The van der Waals surface area contributed by atoms with Crippen LogP contribution < -0.4 is 4.72 Å². The molecule has 0 saturated carbocycles. The molecule has 19 heavy (non-hydrogen) atoms. The second kappa shape index (κ2) is 9.28. The summed E-state index contributed by atoms with van der Waals surface area (Å²) >= 11 is 5.57. The molecule has 0 amide bonds. The van der Waals surface area contributed by atoms with Crippen LogP contribution in [-0.2, 0) is 16.4 Å². The highest BCUT2D eigenvalue weighted by Gasteiger charge is 2.09. The number of aryl methyl sites for hydroxylation is 1. The molecule has 0 radical (unpaired) electrons. The summed E-state index contributed by atoms with van der Waals surface area (Å²) in [4.78, 5) is 4.11. The van der Waals surface area contributed by atoms with E-state index in [1.54, 1.807) is 6.20 Å². The molecule has 0 bridgehead atoms. The van der Waals surface area contributed by atoms with Gasteiger partial charge in [0.15, 0.2) is 0 Å². The van der Waals surface area contributed by atoms with Gasteiger partial charge < -0.3 is 0 Å². The van der Waals surface area contributed by atoms with Crippen molar-refractivity contribution < 1.29 is 8.42 Å². The average molecular weight is 305 g/mol. The van der Waals surface area contributed by atoms with Gasteiger partial charge in [-0.1, -0.05) is 18.9 Å². The van der Waals surface area contributed by atoms with Gasteiger partial charge in [-0.2, -0.15) is 0 Å². The Hall–Kier alpha value is -0.650. The molecule has 1 rings (SSSR count). The van der Waals surface area contributed by atoms with E-state index in [4.69, 9.17) is 11.6 Å². The molecule has 1 N–H and O–H groups in total. The predicted octanol–water partition coefficient (Wildman–Crippen LogP) is 2.34. The van der Waals surface area contributed by atoms with Crippen molar-refractivity contribution >= 4 is 21.6 Å². The van der Waals surface area contributed by atoms with Gasteiger partial charge in [-0.25, -0.2) is 13.1 Å². The van der Waals surface area contributed by atoms with Gasteiger partial charge in [0.25, 0.3) is 0 Å². The monoisotopic (exact) mass is 304 g/mol. The minimum Gasteiger partial charge on any atom is -0.261 e. The van der Waals surface area contributed by atoms with Crippen LogP contribution in [0.5, 0.6) is 0 Å². The van der Waals surface area contributed by atoms with Gasteiger partial charge in [0.2, 0.25) is 10.0 Å². The van der Waals surface area contributed by atoms with E-state index in [-0.39, 0.29) is 5.75 Å². The van der Waals surface area contributed by atoms with Crippen molar-refractivity contribution in [1.29, 1.82) is 0 Å². The maximum Gasteiger partial charge on any atom is 0.211 e. The third kappa shape index (κ3) is 8.18. The van der Waals surface area contributed by atoms with Crippen LogP contribution in [0.25, 0.3) is 0 Å². The molecule has 0 aliphatic heterocycles. The smallest absolute Gasteiger partial charge is 0.211 e. The van der Waals surface area contributed by atoms with Crippen LogP contribution >= 0.6 is 11.6 Å². The summed E-state index contributed by atoms with van der Waals surface area (Å²) in [7, 11) is -3.19. The van der Waals surface area contributed by atoms with E-state index in [9.17, 15) is 8.42 Å². The number of pyridine rings is 1. The highest BCUT2D eigenvalue weighted by Crippen LogP contribution is 2.01. The second-order valence-corrected chi connectivity index (χ2v) is 6.69. The molecule has 0 atom stereocenters. The van der Waals surface area contributed by atoms with Gasteiger partial charge in [-0.05, 0) is 25.0 Å². The van der Waals surface area contributed by atoms with Crippen molar-refractivity contribution in [3.63, 3.8) is 0 Å². The van der Waals surface area contributed by atoms with Gasteiger partial charge in [0.1, 0.15) is 0 Å². The number of hydrogen-bond donors (Lipinski definition) is 1. The quantitative estimate of drug-likeness (QED) is 0.533. The fourth-order valence-corrected chi connectivity index (χ4v) is 2.92. The molecule has 0 spiro atoms. The van der Waals surface area contributed by atoms with E-state index in [0.717, 1.165) is 31.4 Å². The molecule has 6 heteroatoms. The summed E-state index contributed by atoms with van der Waals surface area (Å²) in [6.45, 7) is 0.507. The first-order chi connectivity index (χ1) is 9.14. The Balaban J connectivity index is 2.17. The lowest BCUT2D eigenvalue weighted by atomic mass is 10.2. The summed E-state index contributed by atoms with van der Waals surface area (Å²) in [5.41, 5.74) is 0.801. The first-order valence-corrected chi connectivity index (χ1v) is 8.76. The standard InChI is InChI=1S/C13H21ClN2O2S/c14-9-4-1-2-5-11-16-19(17,18)12-8-13-7-3-6-10-15-13/h3,6-7,10,16H,1-2,4-5,8-9,11-12H2. The molecule has 0 fully saturated rings. The fraction of sp³-hybridized carbons (Fsp3) is 0.615. The van der Waals surface area contributed by atoms with Crippen molar-refractivity contribution in [2.45, 2.75) is 32.1 Å². The fourth-order valence-electron chi connectivity index (χ4n) is 1.66. The Labute approximate surface area is 120 Å². The van der Waals surface area contributed by atoms with Crippen LogP contribution in [0, 0.1) is 0 Å². The summed E-state index contributed by atoms with van der Waals surface area (Å²) in [5.74, 6) is 0.765. The SMILES string of the molecule is O=S(=O)(CCc1ccccn1)NCCCCCCCl. The van der Waals surface area contributed by atoms with Gasteiger partial charge in [0, 0.05) is 30.7 Å². The number of unbranched alkanes of at least 4 members (excludes halogenated alkanes) is 3. The topological polar surface area (TPSA) is 59.1 Å². The summed E-state index contributed by atoms with van der Waals surface area (Å²) in [6.07, 6.45) is 6.04. The number of rotatable bonds is 10. The molecule has 0 aliphatic rings. The zero-order valence-electron chi connectivity index (χ0n) is 11.0. The number of aromatic nitrogens is 1. The van der Waals surface area contributed by atoms with Crippen molar-refractivity contribution in [1.82, 2.24) is 9.71 Å². The van der Waals surface area contributed by atoms with Crippen LogP contribution in [-0.4, -0.2) is 31.6 Å². The van der Waals surface area contributed by atoms with Gasteiger partial charge in [0.05, 0.1) is 5.75 Å². The zero-order valence-corrected chi connectivity index (χ0v) is 12.6. The summed E-state index contributed by atoms with van der Waals surface area (Å²) in [6, 6.07) is 5.51. The maximum absolute atomic E-state index is 11.7. The molecule has 0 aliphatic carbocycles. The van der Waals surface area contributed by atoms with Crippen LogP contribution in [0.4, 0.5) is 0 Å². The van der Waals surface area contributed by atoms with Crippen LogP contribution in [0.15, 0.2) is 24.4 Å². The van der Waals surface area contributed by atoms with Gasteiger partial charge in [-0.3, -0.25) is 4.98 Å². The molecular weight excluding hydrogens is 284 g/mol. The Morgan fingerprint density at radius 2 is 1.95 bits per heavy atom. The maximum atomic E-state index is 11.7. The Kier molecular flexibility index (Phi) is 8.02. The van der Waals surface area contributed by atoms with E-state index >= 15 is 0 Å². The van der Waals surface area contributed by atoms with Crippen molar-refractivity contribution in [2.24, 2.45) is 0 Å². The number of alkyl halides is 1. The lowest BCUT2D eigenvalue weighted by Gasteiger charge is -2.06. The summed E-state index contributed by atoms with van der Waals surface area (Å²) < 4.78 is 26.1. The first-order valence-electron chi connectivity index (χ1n) is 6.57. The molecular formula is C13H21ClN2O2S. The third-order valence-corrected chi connectivity index (χ3v) is 4.39. The Morgan fingerprint density at radius 3 is 2.63 bits per heavy atom. The van der Waals surface area contributed by atoms with Crippen LogP contribution in [0.1, 0.15) is 31.4 Å². The highest BCUT2D eigenvalue weighted by atomic mass is 35.5. The molecule has 4 nitrogen and oxygen atoms in total. The van der Waals surface area contributed by atoms with E-state index in [1.807, 2.05) is 18.2 Å². The molecule has 0 saturated heterocycles. The molecule has 1 heterocycles. The van der Waals surface area contributed by atoms with E-state index in [2.05, 4.69) is 9.71 Å². The van der Waals surface area contributed by atoms with E-state index in [1.165, 1.54) is 0 Å². The zero-order chi connectivity index (χ0) is 14.0.